The van der Waals surface area contributed by atoms with E-state index in [0.717, 1.165) is 5.56 Å². The molecule has 4 atom stereocenters. The lowest BCUT2D eigenvalue weighted by atomic mass is 10.0. The second-order valence-corrected chi connectivity index (χ2v) is 3.83. The maximum atomic E-state index is 9.79. The third-order valence-corrected chi connectivity index (χ3v) is 2.85. The largest absolute Gasteiger partial charge is 0.395 e. The van der Waals surface area contributed by atoms with Crippen molar-refractivity contribution in [2.45, 2.75) is 24.3 Å². The molecule has 1 saturated heterocycles. The van der Waals surface area contributed by atoms with Gasteiger partial charge in [0.25, 0.3) is 0 Å². The van der Waals surface area contributed by atoms with Crippen LogP contribution in [0.1, 0.15) is 11.6 Å². The Labute approximate surface area is 88.2 Å². The molecule has 4 nitrogen and oxygen atoms in total. The Kier molecular flexibility index (Phi) is 3.02. The van der Waals surface area contributed by atoms with Gasteiger partial charge in [-0.2, -0.15) is 0 Å². The number of rotatable bonds is 2. The van der Waals surface area contributed by atoms with Gasteiger partial charge in [0.1, 0.15) is 6.10 Å². The first kappa shape index (κ1) is 10.6. The number of hydrogen-bond acceptors (Lipinski definition) is 4. The zero-order valence-corrected chi connectivity index (χ0v) is 8.24. The SMILES string of the molecule is OC[C@@H]1N[C@@H](c2ccccc2)[C@H](O)[C@H]1O. The molecule has 1 aliphatic rings. The molecule has 0 aliphatic carbocycles. The highest BCUT2D eigenvalue weighted by molar-refractivity contribution is 5.23. The Bertz CT molecular complexity index is 317. The summed E-state index contributed by atoms with van der Waals surface area (Å²) in [5, 5.41) is 31.4. The highest BCUT2D eigenvalue weighted by Gasteiger charge is 2.40. The van der Waals surface area contributed by atoms with Gasteiger partial charge in [0, 0.05) is 0 Å². The molecule has 15 heavy (non-hydrogen) atoms. The van der Waals surface area contributed by atoms with Crippen molar-refractivity contribution < 1.29 is 15.3 Å². The van der Waals surface area contributed by atoms with E-state index >= 15 is 0 Å². The fraction of sp³-hybridized carbons (Fsp3) is 0.455. The number of nitrogens with one attached hydrogen (secondary N) is 1. The quantitative estimate of drug-likeness (QED) is 0.525. The standard InChI is InChI=1S/C11H15NO3/c13-6-8-10(14)11(15)9(12-8)7-4-2-1-3-5-7/h1-5,8-15H,6H2/t8-,9-,10-,11-/m0/s1. The summed E-state index contributed by atoms with van der Waals surface area (Å²) in [7, 11) is 0. The monoisotopic (exact) mass is 209 g/mol. The predicted octanol–water partition coefficient (Wildman–Crippen LogP) is -0.586. The molecule has 1 fully saturated rings. The van der Waals surface area contributed by atoms with Crippen molar-refractivity contribution in [2.75, 3.05) is 6.61 Å². The minimum Gasteiger partial charge on any atom is -0.395 e. The average molecular weight is 209 g/mol. The Balaban J connectivity index is 2.19. The molecule has 0 saturated carbocycles. The van der Waals surface area contributed by atoms with Gasteiger partial charge in [0.2, 0.25) is 0 Å². The molecular weight excluding hydrogens is 194 g/mol. The maximum Gasteiger partial charge on any atom is 0.101 e. The third-order valence-electron chi connectivity index (χ3n) is 2.85. The minimum atomic E-state index is -0.916. The van der Waals surface area contributed by atoms with Gasteiger partial charge in [0.05, 0.1) is 24.8 Å². The number of benzene rings is 1. The number of aliphatic hydroxyl groups excluding tert-OH is 3. The molecule has 0 unspecified atom stereocenters. The van der Waals surface area contributed by atoms with Crippen molar-refractivity contribution in [3.05, 3.63) is 35.9 Å². The van der Waals surface area contributed by atoms with E-state index in [1.54, 1.807) is 0 Å². The lowest BCUT2D eigenvalue weighted by Gasteiger charge is -2.15. The van der Waals surface area contributed by atoms with Crippen LogP contribution in [0.25, 0.3) is 0 Å². The summed E-state index contributed by atoms with van der Waals surface area (Å²) in [4.78, 5) is 0. The van der Waals surface area contributed by atoms with Crippen LogP contribution in [0.2, 0.25) is 0 Å². The lowest BCUT2D eigenvalue weighted by Crippen LogP contribution is -2.35. The Morgan fingerprint density at radius 2 is 1.73 bits per heavy atom. The molecule has 1 aromatic rings. The van der Waals surface area contributed by atoms with Gasteiger partial charge >= 0.3 is 0 Å². The zero-order chi connectivity index (χ0) is 10.8. The first-order valence-electron chi connectivity index (χ1n) is 5.02. The van der Waals surface area contributed by atoms with E-state index in [1.165, 1.54) is 0 Å². The molecule has 0 amide bonds. The summed E-state index contributed by atoms with van der Waals surface area (Å²) < 4.78 is 0. The minimum absolute atomic E-state index is 0.179. The van der Waals surface area contributed by atoms with E-state index in [1.807, 2.05) is 30.3 Å². The molecule has 0 spiro atoms. The van der Waals surface area contributed by atoms with Crippen LogP contribution in [-0.2, 0) is 0 Å². The van der Waals surface area contributed by atoms with Crippen LogP contribution in [0.15, 0.2) is 30.3 Å². The zero-order valence-electron chi connectivity index (χ0n) is 8.24. The van der Waals surface area contributed by atoms with Gasteiger partial charge in [-0.15, -0.1) is 0 Å². The summed E-state index contributed by atoms with van der Waals surface area (Å²) in [6, 6.07) is 8.65. The Morgan fingerprint density at radius 3 is 2.27 bits per heavy atom. The summed E-state index contributed by atoms with van der Waals surface area (Å²) >= 11 is 0. The summed E-state index contributed by atoms with van der Waals surface area (Å²) in [5.74, 6) is 0. The molecular formula is C11H15NO3. The molecule has 2 rings (SSSR count). The maximum absolute atomic E-state index is 9.79. The summed E-state index contributed by atoms with van der Waals surface area (Å²) in [6.07, 6.45) is -1.79. The number of aliphatic hydroxyl groups is 3. The van der Waals surface area contributed by atoms with Crippen LogP contribution in [-0.4, -0.2) is 40.2 Å². The fourth-order valence-electron chi connectivity index (χ4n) is 1.98. The van der Waals surface area contributed by atoms with Crippen LogP contribution in [0, 0.1) is 0 Å². The van der Waals surface area contributed by atoms with Crippen molar-refractivity contribution in [1.82, 2.24) is 5.32 Å². The van der Waals surface area contributed by atoms with E-state index in [4.69, 9.17) is 5.11 Å². The Hall–Kier alpha value is -0.940. The van der Waals surface area contributed by atoms with Crippen LogP contribution in [0.5, 0.6) is 0 Å². The van der Waals surface area contributed by atoms with E-state index in [2.05, 4.69) is 5.32 Å². The smallest absolute Gasteiger partial charge is 0.101 e. The van der Waals surface area contributed by atoms with Crippen molar-refractivity contribution in [2.24, 2.45) is 0 Å². The molecule has 82 valence electrons. The predicted molar refractivity (Wildman–Crippen MR) is 55.2 cm³/mol. The molecule has 4 N–H and O–H groups in total. The molecule has 0 aromatic heterocycles. The van der Waals surface area contributed by atoms with Crippen molar-refractivity contribution in [3.63, 3.8) is 0 Å². The van der Waals surface area contributed by atoms with Crippen molar-refractivity contribution in [1.29, 1.82) is 0 Å². The third kappa shape index (κ3) is 1.89. The van der Waals surface area contributed by atoms with E-state index in [-0.39, 0.29) is 12.6 Å². The second kappa shape index (κ2) is 4.28. The van der Waals surface area contributed by atoms with Crippen molar-refractivity contribution >= 4 is 0 Å². The van der Waals surface area contributed by atoms with Crippen LogP contribution >= 0.6 is 0 Å². The average Bonchev–Trinajstić information content (AvgIpc) is 2.57. The van der Waals surface area contributed by atoms with E-state index < -0.39 is 18.2 Å². The highest BCUT2D eigenvalue weighted by atomic mass is 16.3. The molecule has 1 aromatic carbocycles. The second-order valence-electron chi connectivity index (χ2n) is 3.83. The van der Waals surface area contributed by atoms with E-state index in [0.29, 0.717) is 0 Å². The molecule has 4 heteroatoms. The topological polar surface area (TPSA) is 72.7 Å². The van der Waals surface area contributed by atoms with Gasteiger partial charge < -0.3 is 20.6 Å². The Morgan fingerprint density at radius 1 is 1.07 bits per heavy atom. The summed E-state index contributed by atoms with van der Waals surface area (Å²) in [5.41, 5.74) is 0.917. The number of hydrogen-bond donors (Lipinski definition) is 4. The first-order valence-corrected chi connectivity index (χ1v) is 5.02. The van der Waals surface area contributed by atoms with Crippen LogP contribution in [0.3, 0.4) is 0 Å². The van der Waals surface area contributed by atoms with E-state index in [9.17, 15) is 10.2 Å². The van der Waals surface area contributed by atoms with Crippen molar-refractivity contribution in [3.8, 4) is 0 Å². The van der Waals surface area contributed by atoms with Gasteiger partial charge in [-0.3, -0.25) is 0 Å². The van der Waals surface area contributed by atoms with Gasteiger partial charge in [-0.05, 0) is 5.56 Å². The molecule has 1 aliphatic heterocycles. The highest BCUT2D eigenvalue weighted by Crippen LogP contribution is 2.27. The summed E-state index contributed by atoms with van der Waals surface area (Å²) in [6.45, 7) is -0.179. The lowest BCUT2D eigenvalue weighted by molar-refractivity contribution is 0.0194. The normalized spacial score (nSPS) is 35.7. The molecule has 1 heterocycles. The van der Waals surface area contributed by atoms with Crippen LogP contribution in [0.4, 0.5) is 0 Å². The fourth-order valence-corrected chi connectivity index (χ4v) is 1.98. The van der Waals surface area contributed by atoms with Crippen LogP contribution < -0.4 is 5.32 Å². The molecule has 0 radical (unpaired) electrons. The van der Waals surface area contributed by atoms with Gasteiger partial charge in [-0.1, -0.05) is 30.3 Å². The van der Waals surface area contributed by atoms with Gasteiger partial charge in [0.15, 0.2) is 0 Å². The van der Waals surface area contributed by atoms with Gasteiger partial charge in [-0.25, -0.2) is 0 Å². The molecule has 0 bridgehead atoms. The first-order chi connectivity index (χ1) is 7.24.